The molecular formula is C25H18ClN3O6S2. The molecule has 1 aliphatic heterocycles. The molecule has 12 heteroatoms. The van der Waals surface area contributed by atoms with E-state index < -0.39 is 16.9 Å². The van der Waals surface area contributed by atoms with Crippen LogP contribution in [0.1, 0.15) is 30.5 Å². The number of thiophene rings is 1. The zero-order chi connectivity index (χ0) is 26.3. The number of ether oxygens (including phenoxy) is 1. The van der Waals surface area contributed by atoms with Gasteiger partial charge < -0.3 is 9.15 Å². The molecule has 0 saturated heterocycles. The van der Waals surface area contributed by atoms with Crippen molar-refractivity contribution in [1.29, 1.82) is 0 Å². The van der Waals surface area contributed by atoms with Gasteiger partial charge in [-0.05, 0) is 49.6 Å². The number of allylic oxidation sites excluding steroid dienone is 1. The van der Waals surface area contributed by atoms with E-state index in [1.54, 1.807) is 32.1 Å². The summed E-state index contributed by atoms with van der Waals surface area (Å²) in [4.78, 5) is 43.2. The van der Waals surface area contributed by atoms with Crippen LogP contribution in [-0.4, -0.2) is 22.1 Å². The summed E-state index contributed by atoms with van der Waals surface area (Å²) in [5.41, 5.74) is 0.541. The molecule has 0 unspecified atom stereocenters. The minimum atomic E-state index is -0.665. The quantitative estimate of drug-likeness (QED) is 0.194. The highest BCUT2D eigenvalue weighted by atomic mass is 35.5. The first-order valence-electron chi connectivity index (χ1n) is 11.1. The van der Waals surface area contributed by atoms with Gasteiger partial charge in [-0.15, -0.1) is 11.3 Å². The van der Waals surface area contributed by atoms with E-state index in [-0.39, 0.29) is 34.2 Å². The van der Waals surface area contributed by atoms with Crippen molar-refractivity contribution in [3.63, 3.8) is 0 Å². The van der Waals surface area contributed by atoms with E-state index in [2.05, 4.69) is 4.99 Å². The van der Waals surface area contributed by atoms with E-state index >= 15 is 0 Å². The number of thiazole rings is 1. The summed E-state index contributed by atoms with van der Waals surface area (Å²) in [6.07, 6.45) is 1.56. The fourth-order valence-electron chi connectivity index (χ4n) is 4.08. The lowest BCUT2D eigenvalue weighted by atomic mass is 10.0. The molecule has 0 N–H and O–H groups in total. The maximum Gasteiger partial charge on any atom is 0.338 e. The molecule has 0 bridgehead atoms. The Hall–Kier alpha value is -3.80. The second kappa shape index (κ2) is 9.92. The van der Waals surface area contributed by atoms with Crippen molar-refractivity contribution >= 4 is 52.0 Å². The van der Waals surface area contributed by atoms with E-state index in [9.17, 15) is 19.7 Å². The Bertz CT molecular complexity index is 1750. The number of halogens is 1. The monoisotopic (exact) mass is 555 g/mol. The number of furan rings is 1. The van der Waals surface area contributed by atoms with E-state index in [0.717, 1.165) is 16.2 Å². The van der Waals surface area contributed by atoms with Gasteiger partial charge in [-0.1, -0.05) is 29.0 Å². The first kappa shape index (κ1) is 24.9. The molecule has 188 valence electrons. The molecule has 4 heterocycles. The molecular weight excluding hydrogens is 538 g/mol. The molecule has 9 nitrogen and oxygen atoms in total. The first-order valence-corrected chi connectivity index (χ1v) is 13.1. The average molecular weight is 556 g/mol. The van der Waals surface area contributed by atoms with Crippen molar-refractivity contribution < 1.29 is 18.9 Å². The molecule has 1 aromatic carbocycles. The SMILES string of the molecule is CCOC(=O)C1=C(C)N=c2s/c(=C/c3ccc(-c4ccc(Cl)cc4[N+](=O)[O-])o3)c(=O)n2[C@H]1c1cccs1. The maximum absolute atomic E-state index is 13.6. The lowest BCUT2D eigenvalue weighted by Gasteiger charge is -2.23. The van der Waals surface area contributed by atoms with E-state index in [4.69, 9.17) is 20.8 Å². The van der Waals surface area contributed by atoms with Crippen LogP contribution in [0.2, 0.25) is 5.02 Å². The topological polar surface area (TPSA) is 117 Å². The summed E-state index contributed by atoms with van der Waals surface area (Å²) in [5.74, 6) is 0.0782. The molecule has 0 spiro atoms. The number of carbonyl (C=O) groups excluding carboxylic acids is 1. The number of nitro benzene ring substituents is 1. The minimum Gasteiger partial charge on any atom is -0.463 e. The average Bonchev–Trinajstić information content (AvgIpc) is 3.60. The maximum atomic E-state index is 13.6. The summed E-state index contributed by atoms with van der Waals surface area (Å²) in [6.45, 7) is 3.64. The van der Waals surface area contributed by atoms with Crippen molar-refractivity contribution in [1.82, 2.24) is 4.57 Å². The van der Waals surface area contributed by atoms with Crippen LogP contribution in [0, 0.1) is 10.1 Å². The van der Waals surface area contributed by atoms with Crippen LogP contribution in [0.3, 0.4) is 0 Å². The number of benzene rings is 1. The van der Waals surface area contributed by atoms with Gasteiger partial charge in [0.25, 0.3) is 11.2 Å². The van der Waals surface area contributed by atoms with Crippen LogP contribution in [0.15, 0.2) is 73.3 Å². The third kappa shape index (κ3) is 4.57. The largest absolute Gasteiger partial charge is 0.463 e. The number of hydrogen-bond acceptors (Lipinski definition) is 9. The Morgan fingerprint density at radius 3 is 2.84 bits per heavy atom. The fourth-order valence-corrected chi connectivity index (χ4v) is 6.09. The molecule has 37 heavy (non-hydrogen) atoms. The number of nitro groups is 1. The molecule has 0 fully saturated rings. The smallest absolute Gasteiger partial charge is 0.338 e. The van der Waals surface area contributed by atoms with Crippen LogP contribution in [0.5, 0.6) is 0 Å². The Labute approximate surface area is 222 Å². The zero-order valence-corrected chi connectivity index (χ0v) is 21.9. The van der Waals surface area contributed by atoms with Crippen LogP contribution in [0.4, 0.5) is 5.69 Å². The molecule has 0 saturated carbocycles. The highest BCUT2D eigenvalue weighted by molar-refractivity contribution is 7.10. The number of esters is 1. The second-order valence-corrected chi connectivity index (χ2v) is 10.4. The number of aromatic nitrogens is 1. The molecule has 1 aliphatic rings. The number of rotatable bonds is 6. The highest BCUT2D eigenvalue weighted by Gasteiger charge is 2.34. The number of hydrogen-bond donors (Lipinski definition) is 0. The number of nitrogens with zero attached hydrogens (tertiary/aromatic N) is 3. The number of carbonyl (C=O) groups is 1. The van der Waals surface area contributed by atoms with Gasteiger partial charge in [0.15, 0.2) is 4.80 Å². The van der Waals surface area contributed by atoms with Gasteiger partial charge in [-0.25, -0.2) is 9.79 Å². The van der Waals surface area contributed by atoms with Gasteiger partial charge in [0.1, 0.15) is 17.6 Å². The Kier molecular flexibility index (Phi) is 6.67. The lowest BCUT2D eigenvalue weighted by Crippen LogP contribution is -2.39. The van der Waals surface area contributed by atoms with Gasteiger partial charge in [0.05, 0.1) is 32.9 Å². The van der Waals surface area contributed by atoms with Gasteiger partial charge in [-0.3, -0.25) is 19.5 Å². The summed E-state index contributed by atoms with van der Waals surface area (Å²) >= 11 is 8.51. The minimum absolute atomic E-state index is 0.189. The fraction of sp³-hybridized carbons (Fsp3) is 0.160. The van der Waals surface area contributed by atoms with Gasteiger partial charge in [0.2, 0.25) is 0 Å². The van der Waals surface area contributed by atoms with Crippen molar-refractivity contribution in [2.24, 2.45) is 4.99 Å². The molecule has 3 aromatic heterocycles. The predicted octanol–water partition coefficient (Wildman–Crippen LogP) is 4.68. The Balaban J connectivity index is 1.62. The van der Waals surface area contributed by atoms with Crippen molar-refractivity contribution in [2.45, 2.75) is 19.9 Å². The molecule has 0 aliphatic carbocycles. The summed E-state index contributed by atoms with van der Waals surface area (Å²) in [5, 5.41) is 13.6. The van der Waals surface area contributed by atoms with Crippen LogP contribution >= 0.6 is 34.3 Å². The van der Waals surface area contributed by atoms with Gasteiger partial charge in [-0.2, -0.15) is 0 Å². The summed E-state index contributed by atoms with van der Waals surface area (Å²) < 4.78 is 13.0. The standard InChI is InChI=1S/C25H18ClN3O6S2/c1-3-34-24(31)21-13(2)27-25-28(22(21)19-5-4-10-36-19)23(30)20(37-25)12-15-7-9-18(35-15)16-8-6-14(26)11-17(16)29(32)33/h4-12,22H,3H2,1-2H3/b20-12+/t22-/m0/s1. The van der Waals surface area contributed by atoms with Crippen LogP contribution < -0.4 is 14.9 Å². The van der Waals surface area contributed by atoms with Crippen molar-refractivity contribution in [3.8, 4) is 11.3 Å². The zero-order valence-electron chi connectivity index (χ0n) is 19.5. The van der Waals surface area contributed by atoms with Crippen LogP contribution in [-0.2, 0) is 9.53 Å². The number of fused-ring (bicyclic) bond motifs is 1. The Morgan fingerprint density at radius 2 is 2.14 bits per heavy atom. The van der Waals surface area contributed by atoms with E-state index in [0.29, 0.717) is 26.4 Å². The van der Waals surface area contributed by atoms with Gasteiger partial charge >= 0.3 is 5.97 Å². The molecule has 0 radical (unpaired) electrons. The first-order chi connectivity index (χ1) is 17.8. The third-order valence-corrected chi connectivity index (χ3v) is 7.79. The molecule has 5 rings (SSSR count). The normalized spacial score (nSPS) is 15.4. The molecule has 1 atom stereocenters. The van der Waals surface area contributed by atoms with E-state index in [1.165, 1.54) is 34.1 Å². The Morgan fingerprint density at radius 1 is 1.32 bits per heavy atom. The van der Waals surface area contributed by atoms with Gasteiger partial charge in [0, 0.05) is 22.0 Å². The lowest BCUT2D eigenvalue weighted by molar-refractivity contribution is -0.384. The molecule has 0 amide bonds. The highest BCUT2D eigenvalue weighted by Crippen LogP contribution is 2.34. The summed E-state index contributed by atoms with van der Waals surface area (Å²) in [7, 11) is 0. The van der Waals surface area contributed by atoms with Crippen LogP contribution in [0.25, 0.3) is 17.4 Å². The third-order valence-electron chi connectivity index (χ3n) is 5.65. The summed E-state index contributed by atoms with van der Waals surface area (Å²) in [6, 6.07) is 10.6. The molecule has 4 aromatic rings. The second-order valence-electron chi connectivity index (χ2n) is 7.94. The van der Waals surface area contributed by atoms with E-state index in [1.807, 2.05) is 17.5 Å². The van der Waals surface area contributed by atoms with Crippen molar-refractivity contribution in [2.75, 3.05) is 6.61 Å². The predicted molar refractivity (Wildman–Crippen MR) is 141 cm³/mol. The van der Waals surface area contributed by atoms with Crippen molar-refractivity contribution in [3.05, 3.63) is 105 Å².